The van der Waals surface area contributed by atoms with Crippen molar-refractivity contribution in [2.75, 3.05) is 178 Å². The van der Waals surface area contributed by atoms with Crippen molar-refractivity contribution in [3.05, 3.63) is 41.6 Å². The maximum Gasteiger partial charge on any atom is 0.407 e. The predicted octanol–water partition coefficient (Wildman–Crippen LogP) is 4.76. The zero-order chi connectivity index (χ0) is 90.4. The number of methoxy groups -OCH3 is 2. The smallest absolute Gasteiger partial charge is 0.407 e. The standard InChI is InChI=1S/C18H24N4O4.C13H22N4O5.C12H21N3O4.C12H21N3O3.C11H19N4O3.C11H19N3O4.Ac/c1-13(20-25-2)16(21-26-3)18(24)22-11-9-15(10-12-22)19-17(23)14-7-5-4-6-8-14;1-9(15-21-3)11(16-22-4)12(18)17-7-5-10(6-8-17)14-13(19)20-2;1-9(13-18-3)11(14-19-4)12(16)15-7-5-10(17-2)6-8-15;1-9-5-7-15(8-6-9)12(16)11(14-18-4)10(2)13-17-3;1-8(13-17-2)10(14-18-3)11(16)15-6-4-9(12)5-7-15;1-8(12-17-2)10(13-18-3)11(16)14-6-4-9(15)5-7-14;/h4-8,15H,9-12H2,1-3H3,(H,19,23);10H,5-8H2,1-4H3,(H,14,19);10H,5-8H2,1-4H3;9H,5-8H2,1-4H3;9,12H,4-7H2,1-3H3;9,15H,4-7H2,1-3H3;/q;;;;-1;;. The molecule has 8 amide bonds. The Balaban J connectivity index is 0.000000735. The second kappa shape index (κ2) is 62.8. The summed E-state index contributed by atoms with van der Waals surface area (Å²) >= 11 is 0. The van der Waals surface area contributed by atoms with Crippen LogP contribution in [0.15, 0.2) is 92.2 Å². The van der Waals surface area contributed by atoms with E-state index in [0.29, 0.717) is 163 Å². The molecule has 0 saturated carbocycles. The van der Waals surface area contributed by atoms with Gasteiger partial charge in [0.25, 0.3) is 41.4 Å². The first kappa shape index (κ1) is 110. The maximum atomic E-state index is 12.6. The second-order valence-electron chi connectivity index (χ2n) is 27.3. The molecule has 1 aromatic rings. The number of alkyl carbamates (subject to hydrolysis) is 1. The fourth-order valence-corrected chi connectivity index (χ4v) is 12.3. The summed E-state index contributed by atoms with van der Waals surface area (Å²) in [6.45, 7) is 19.0. The van der Waals surface area contributed by atoms with Crippen LogP contribution in [0, 0.1) is 50.0 Å². The number of likely N-dealkylation sites (tertiary alicyclic amines) is 6. The molecule has 1 aromatic carbocycles. The number of rotatable bonds is 28. The number of piperidine rings is 6. The van der Waals surface area contributed by atoms with Crippen LogP contribution >= 0.6 is 0 Å². The molecule has 681 valence electrons. The third kappa shape index (κ3) is 39.3. The normalized spacial score (nSPS) is 17.7. The van der Waals surface area contributed by atoms with Crippen molar-refractivity contribution in [1.29, 1.82) is 0 Å². The van der Waals surface area contributed by atoms with Gasteiger partial charge in [0.15, 0.2) is 34.3 Å². The summed E-state index contributed by atoms with van der Waals surface area (Å²) in [5.74, 6) is -0.818. The minimum absolute atomic E-state index is 0. The van der Waals surface area contributed by atoms with E-state index in [9.17, 15) is 43.5 Å². The molecule has 6 heterocycles. The average molecular weight is 1940 g/mol. The van der Waals surface area contributed by atoms with Gasteiger partial charge in [0.05, 0.1) is 19.3 Å². The molecule has 6 fully saturated rings. The van der Waals surface area contributed by atoms with E-state index >= 15 is 0 Å². The van der Waals surface area contributed by atoms with E-state index in [2.05, 4.69) is 118 Å². The molecule has 0 spiro atoms. The Morgan fingerprint density at radius 2 is 0.566 bits per heavy atom. The number of benzene rings is 1. The van der Waals surface area contributed by atoms with E-state index < -0.39 is 6.09 Å². The van der Waals surface area contributed by atoms with Gasteiger partial charge < -0.3 is 118 Å². The number of nitrogens with zero attached hydrogens (tertiary/aromatic N) is 18. The summed E-state index contributed by atoms with van der Waals surface area (Å²) in [4.78, 5) is 164. The number of hydrogen-bond acceptors (Lipinski definition) is 35. The van der Waals surface area contributed by atoms with Crippen molar-refractivity contribution in [3.63, 3.8) is 0 Å². The van der Waals surface area contributed by atoms with E-state index in [1.807, 2.05) is 18.2 Å². The monoisotopic (exact) mass is 1940 g/mol. The Hall–Kier alpha value is -10.3. The summed E-state index contributed by atoms with van der Waals surface area (Å²) in [6.07, 6.45) is 8.27. The van der Waals surface area contributed by atoms with Gasteiger partial charge in [0.1, 0.15) is 120 Å². The Kier molecular flexibility index (Phi) is 56.5. The molecule has 0 aromatic heterocycles. The Morgan fingerprint density at radius 3 is 0.811 bits per heavy atom. The van der Waals surface area contributed by atoms with E-state index in [-0.39, 0.29) is 150 Å². The van der Waals surface area contributed by atoms with Crippen LogP contribution in [0.25, 0.3) is 5.73 Å². The fourth-order valence-electron chi connectivity index (χ4n) is 12.3. The van der Waals surface area contributed by atoms with Crippen LogP contribution in [-0.4, -0.2) is 359 Å². The molecule has 6 aliphatic rings. The van der Waals surface area contributed by atoms with Crippen LogP contribution in [0.5, 0.6) is 0 Å². The molecule has 0 aliphatic carbocycles. The quantitative estimate of drug-likeness (QED) is 0.0752. The number of carbonyl (C=O) groups excluding carboxylic acids is 8. The van der Waals surface area contributed by atoms with E-state index in [0.717, 1.165) is 38.8 Å². The van der Waals surface area contributed by atoms with E-state index in [1.54, 1.807) is 90.2 Å². The molecular weight excluding hydrogens is 1810 g/mol. The molecule has 0 atom stereocenters. The first-order valence-electron chi connectivity index (χ1n) is 39.1. The molecule has 1 radical (unpaired) electrons. The van der Waals surface area contributed by atoms with Crippen molar-refractivity contribution in [3.8, 4) is 0 Å². The number of oxime groups is 12. The Bertz CT molecular complexity index is 3600. The van der Waals surface area contributed by atoms with Gasteiger partial charge in [-0.15, -0.1) is 6.04 Å². The van der Waals surface area contributed by atoms with E-state index in [4.69, 9.17) is 34.7 Å². The van der Waals surface area contributed by atoms with Gasteiger partial charge >= 0.3 is 6.09 Å². The van der Waals surface area contributed by atoms with Gasteiger partial charge in [-0.3, -0.25) is 33.6 Å². The molecule has 6 saturated heterocycles. The molecule has 0 bridgehead atoms. The molecule has 122 heavy (non-hydrogen) atoms. The third-order valence-electron chi connectivity index (χ3n) is 18.8. The SMILES string of the molecule is CON=C(C)C(=NOC)C(=O)N1CCC(C)CC1.CON=C(C)C(=NOC)C(=O)N1CCC(NC(=O)OC)CC1.CON=C(C)C(=NOC)C(=O)N1CCC(NC(=O)c2ccccc2)CC1.CON=C(C)C(=NOC)C(=O)N1CCC(O)CC1.CON=C(C)C(=NOC)C(=O)N1CCC(OC)CC1.CON=C(C)C(=NOC)C(=O)N1CCC([NH-])CC1.[Ac]. The number of ether oxygens (including phenoxy) is 2. The minimum Gasteiger partial charge on any atom is -0.675 e. The van der Waals surface area contributed by atoms with Crippen LogP contribution in [0.3, 0.4) is 0 Å². The van der Waals surface area contributed by atoms with Crippen molar-refractivity contribution >= 4 is 116 Å². The Morgan fingerprint density at radius 1 is 0.336 bits per heavy atom. The summed E-state index contributed by atoms with van der Waals surface area (Å²) < 4.78 is 9.84. The summed E-state index contributed by atoms with van der Waals surface area (Å²) in [6, 6.07) is 9.03. The number of hydrogen-bond donors (Lipinski definition) is 3. The number of carbonyl (C=O) groups is 8. The third-order valence-corrected chi connectivity index (χ3v) is 18.8. The van der Waals surface area contributed by atoms with Gasteiger partial charge in [-0.2, -0.15) is 0 Å². The van der Waals surface area contributed by atoms with Crippen LogP contribution < -0.4 is 10.6 Å². The van der Waals surface area contributed by atoms with Gasteiger partial charge in [0, 0.05) is 147 Å². The molecule has 7 rings (SSSR count). The summed E-state index contributed by atoms with van der Waals surface area (Å²) in [5.41, 5.74) is 11.3. The summed E-state index contributed by atoms with van der Waals surface area (Å²) in [5, 5.41) is 59.8. The zero-order valence-electron chi connectivity index (χ0n) is 74.4. The molecule has 4 N–H and O–H groups in total. The zero-order valence-corrected chi connectivity index (χ0v) is 79.1. The largest absolute Gasteiger partial charge is 0.675 e. The van der Waals surface area contributed by atoms with Crippen LogP contribution in [0.2, 0.25) is 0 Å². The first-order chi connectivity index (χ1) is 58.0. The van der Waals surface area contributed by atoms with Gasteiger partial charge in [0.2, 0.25) is 0 Å². The predicted molar refractivity (Wildman–Crippen MR) is 453 cm³/mol. The molecule has 0 unspecified atom stereocenters. The topological polar surface area (TPSA) is 502 Å². The van der Waals surface area contributed by atoms with Gasteiger partial charge in [-0.1, -0.05) is 99.8 Å². The van der Waals surface area contributed by atoms with Crippen molar-refractivity contribution in [1.82, 2.24) is 40.0 Å². The number of aliphatic hydroxyl groups is 1. The number of amides is 8. The average Bonchev–Trinajstić information content (AvgIpc) is 0.887. The molecular formula is C77H126AcN21O23-. The summed E-state index contributed by atoms with van der Waals surface area (Å²) in [7, 11) is 19.7. The van der Waals surface area contributed by atoms with Crippen molar-refractivity contribution < 1.29 is 155 Å². The van der Waals surface area contributed by atoms with E-state index in [1.165, 1.54) is 92.4 Å². The molecule has 6 aliphatic heterocycles. The second-order valence-corrected chi connectivity index (χ2v) is 27.3. The number of aliphatic hydroxyl groups excluding tert-OH is 1. The van der Waals surface area contributed by atoms with Gasteiger partial charge in [-0.05, 0) is 124 Å². The molecule has 44 nitrogen and oxygen atoms in total. The van der Waals surface area contributed by atoms with Gasteiger partial charge in [-0.25, -0.2) is 4.79 Å². The Labute approximate surface area is 749 Å². The van der Waals surface area contributed by atoms with Crippen LogP contribution in [0.4, 0.5) is 4.79 Å². The van der Waals surface area contributed by atoms with Crippen molar-refractivity contribution in [2.24, 2.45) is 67.8 Å². The number of nitrogens with one attached hydrogen (secondary N) is 3. The van der Waals surface area contributed by atoms with Crippen LogP contribution in [0.1, 0.15) is 136 Å². The minimum atomic E-state index is -0.463. The first-order valence-corrected chi connectivity index (χ1v) is 39.1. The fraction of sp³-hybridized carbons (Fsp3) is 0.662. The van der Waals surface area contributed by atoms with Crippen LogP contribution in [-0.2, 0) is 96.3 Å². The maximum absolute atomic E-state index is 12.6. The van der Waals surface area contributed by atoms with Crippen molar-refractivity contribution in [2.45, 2.75) is 156 Å². The molecule has 45 heteroatoms.